The third kappa shape index (κ3) is 3.33. The van der Waals surface area contributed by atoms with Gasteiger partial charge in [0.2, 0.25) is 0 Å². The maximum atomic E-state index is 12.0. The second-order valence-electron chi connectivity index (χ2n) is 4.25. The molecule has 0 aliphatic carbocycles. The van der Waals surface area contributed by atoms with Crippen LogP contribution in [0, 0.1) is 6.92 Å². The Kier molecular flexibility index (Phi) is 4.68. The van der Waals surface area contributed by atoms with Crippen molar-refractivity contribution < 1.29 is 19.1 Å². The molecule has 1 aromatic heterocycles. The molecular weight excluding hydrogens is 278 g/mol. The van der Waals surface area contributed by atoms with E-state index in [4.69, 9.17) is 9.52 Å². The molecule has 1 amide bonds. The zero-order chi connectivity index (χ0) is 14.5. The summed E-state index contributed by atoms with van der Waals surface area (Å²) in [5, 5.41) is 12.2. The number of carboxylic acids is 1. The highest BCUT2D eigenvalue weighted by atomic mass is 32.2. The van der Waals surface area contributed by atoms with Crippen molar-refractivity contribution >= 4 is 34.6 Å². The summed E-state index contributed by atoms with van der Waals surface area (Å²) in [6.07, 6.45) is 0. The Morgan fingerprint density at radius 3 is 2.80 bits per heavy atom. The standard InChI is InChI=1S/C14H15NO4S/c1-9-10-4-2-3-5-11(10)19-13(9)14(18)15-6-7-20-8-12(16)17/h2-5H,6-8H2,1H3,(H,15,18)(H,16,17). The summed E-state index contributed by atoms with van der Waals surface area (Å²) in [6.45, 7) is 2.26. The predicted octanol–water partition coefficient (Wildman–Crippen LogP) is 2.29. The molecule has 0 atom stereocenters. The normalized spacial score (nSPS) is 10.7. The van der Waals surface area contributed by atoms with Crippen molar-refractivity contribution in [2.24, 2.45) is 0 Å². The maximum absolute atomic E-state index is 12.0. The van der Waals surface area contributed by atoms with Crippen LogP contribution >= 0.6 is 11.8 Å². The number of aryl methyl sites for hydroxylation is 1. The van der Waals surface area contributed by atoms with E-state index in [1.54, 1.807) is 0 Å². The van der Waals surface area contributed by atoms with Gasteiger partial charge in [-0.05, 0) is 13.0 Å². The zero-order valence-electron chi connectivity index (χ0n) is 11.0. The van der Waals surface area contributed by atoms with Crippen LogP contribution in [0.1, 0.15) is 16.1 Å². The van der Waals surface area contributed by atoms with Gasteiger partial charge in [0.1, 0.15) is 5.58 Å². The fourth-order valence-electron chi connectivity index (χ4n) is 1.87. The Morgan fingerprint density at radius 2 is 2.10 bits per heavy atom. The van der Waals surface area contributed by atoms with Crippen LogP contribution in [-0.4, -0.2) is 35.0 Å². The fraction of sp³-hybridized carbons (Fsp3) is 0.286. The van der Waals surface area contributed by atoms with Gasteiger partial charge in [0.25, 0.3) is 5.91 Å². The minimum atomic E-state index is -0.852. The van der Waals surface area contributed by atoms with E-state index in [0.717, 1.165) is 10.9 Å². The molecule has 2 N–H and O–H groups in total. The number of thioether (sulfide) groups is 1. The highest BCUT2D eigenvalue weighted by molar-refractivity contribution is 7.99. The first-order valence-electron chi connectivity index (χ1n) is 6.15. The van der Waals surface area contributed by atoms with Crippen molar-refractivity contribution in [2.75, 3.05) is 18.1 Å². The number of rotatable bonds is 6. The number of carbonyl (C=O) groups excluding carboxylic acids is 1. The minimum Gasteiger partial charge on any atom is -0.481 e. The van der Waals surface area contributed by atoms with Crippen LogP contribution in [0.5, 0.6) is 0 Å². The molecule has 0 fully saturated rings. The van der Waals surface area contributed by atoms with Crippen LogP contribution in [-0.2, 0) is 4.79 Å². The Morgan fingerprint density at radius 1 is 1.35 bits per heavy atom. The lowest BCUT2D eigenvalue weighted by Crippen LogP contribution is -2.26. The molecule has 0 aliphatic rings. The van der Waals surface area contributed by atoms with Crippen molar-refractivity contribution in [3.05, 3.63) is 35.6 Å². The Labute approximate surface area is 120 Å². The molecule has 0 unspecified atom stereocenters. The first-order chi connectivity index (χ1) is 9.59. The second kappa shape index (κ2) is 6.47. The third-order valence-electron chi connectivity index (χ3n) is 2.81. The number of benzene rings is 1. The molecule has 20 heavy (non-hydrogen) atoms. The first kappa shape index (κ1) is 14.5. The van der Waals surface area contributed by atoms with Gasteiger partial charge in [-0.2, -0.15) is 0 Å². The molecule has 5 nitrogen and oxygen atoms in total. The lowest BCUT2D eigenvalue weighted by molar-refractivity contribution is -0.133. The Balaban J connectivity index is 1.94. The quantitative estimate of drug-likeness (QED) is 0.799. The van der Waals surface area contributed by atoms with Gasteiger partial charge < -0.3 is 14.8 Å². The van der Waals surface area contributed by atoms with Crippen molar-refractivity contribution in [3.8, 4) is 0 Å². The van der Waals surface area contributed by atoms with Gasteiger partial charge in [0.05, 0.1) is 5.75 Å². The summed E-state index contributed by atoms with van der Waals surface area (Å²) in [4.78, 5) is 22.3. The van der Waals surface area contributed by atoms with Crippen LogP contribution < -0.4 is 5.32 Å². The number of aliphatic carboxylic acids is 1. The number of para-hydroxylation sites is 1. The molecular formula is C14H15NO4S. The third-order valence-corrected chi connectivity index (χ3v) is 3.75. The Hall–Kier alpha value is -1.95. The van der Waals surface area contributed by atoms with Gasteiger partial charge in [-0.15, -0.1) is 11.8 Å². The topological polar surface area (TPSA) is 79.5 Å². The lowest BCUT2D eigenvalue weighted by Gasteiger charge is -2.02. The van der Waals surface area contributed by atoms with Crippen LogP contribution in [0.4, 0.5) is 0 Å². The highest BCUT2D eigenvalue weighted by Gasteiger charge is 2.16. The molecule has 0 saturated heterocycles. The van der Waals surface area contributed by atoms with E-state index in [-0.39, 0.29) is 11.7 Å². The lowest BCUT2D eigenvalue weighted by atomic mass is 10.1. The fourth-order valence-corrected chi connectivity index (χ4v) is 2.43. The molecule has 2 rings (SSSR count). The number of amides is 1. The molecule has 0 saturated carbocycles. The van der Waals surface area contributed by atoms with Crippen molar-refractivity contribution in [1.29, 1.82) is 0 Å². The molecule has 2 aromatic rings. The highest BCUT2D eigenvalue weighted by Crippen LogP contribution is 2.24. The number of furan rings is 1. The molecule has 0 radical (unpaired) electrons. The average Bonchev–Trinajstić information content (AvgIpc) is 2.76. The summed E-state index contributed by atoms with van der Waals surface area (Å²) in [7, 11) is 0. The number of fused-ring (bicyclic) bond motifs is 1. The van der Waals surface area contributed by atoms with E-state index in [2.05, 4.69) is 5.32 Å². The molecule has 6 heteroatoms. The Bertz CT molecular complexity index is 635. The number of hydrogen-bond acceptors (Lipinski definition) is 4. The number of carbonyl (C=O) groups is 2. The van der Waals surface area contributed by atoms with Crippen molar-refractivity contribution in [1.82, 2.24) is 5.32 Å². The summed E-state index contributed by atoms with van der Waals surface area (Å²) in [5.74, 6) is -0.213. The van der Waals surface area contributed by atoms with E-state index in [1.165, 1.54) is 11.8 Å². The summed E-state index contributed by atoms with van der Waals surface area (Å²) in [6, 6.07) is 7.49. The molecule has 0 aliphatic heterocycles. The number of nitrogens with one attached hydrogen (secondary N) is 1. The molecule has 0 bridgehead atoms. The van der Waals surface area contributed by atoms with Gasteiger partial charge in [-0.1, -0.05) is 18.2 Å². The monoisotopic (exact) mass is 293 g/mol. The van der Waals surface area contributed by atoms with Gasteiger partial charge in [0.15, 0.2) is 5.76 Å². The number of carboxylic acid groups (broad SMARTS) is 1. The van der Waals surface area contributed by atoms with Crippen molar-refractivity contribution in [3.63, 3.8) is 0 Å². The largest absolute Gasteiger partial charge is 0.481 e. The van der Waals surface area contributed by atoms with E-state index in [0.29, 0.717) is 23.6 Å². The molecule has 1 aromatic carbocycles. The van der Waals surface area contributed by atoms with Crippen LogP contribution in [0.15, 0.2) is 28.7 Å². The van der Waals surface area contributed by atoms with Gasteiger partial charge >= 0.3 is 5.97 Å². The smallest absolute Gasteiger partial charge is 0.313 e. The van der Waals surface area contributed by atoms with Gasteiger partial charge in [0, 0.05) is 23.2 Å². The molecule has 1 heterocycles. The van der Waals surface area contributed by atoms with Crippen LogP contribution in [0.2, 0.25) is 0 Å². The van der Waals surface area contributed by atoms with Crippen LogP contribution in [0.25, 0.3) is 11.0 Å². The van der Waals surface area contributed by atoms with Gasteiger partial charge in [-0.3, -0.25) is 9.59 Å². The average molecular weight is 293 g/mol. The summed E-state index contributed by atoms with van der Waals surface area (Å²) < 4.78 is 5.54. The first-order valence-corrected chi connectivity index (χ1v) is 7.31. The zero-order valence-corrected chi connectivity index (χ0v) is 11.8. The summed E-state index contributed by atoms with van der Waals surface area (Å²) in [5.41, 5.74) is 1.51. The van der Waals surface area contributed by atoms with E-state index in [1.807, 2.05) is 31.2 Å². The minimum absolute atomic E-state index is 0.0412. The van der Waals surface area contributed by atoms with Crippen molar-refractivity contribution in [2.45, 2.75) is 6.92 Å². The summed E-state index contributed by atoms with van der Waals surface area (Å²) >= 11 is 1.26. The predicted molar refractivity (Wildman–Crippen MR) is 78.2 cm³/mol. The van der Waals surface area contributed by atoms with E-state index >= 15 is 0 Å². The second-order valence-corrected chi connectivity index (χ2v) is 5.36. The molecule has 106 valence electrons. The van der Waals surface area contributed by atoms with Crippen LogP contribution in [0.3, 0.4) is 0 Å². The number of hydrogen-bond donors (Lipinski definition) is 2. The molecule has 0 spiro atoms. The van der Waals surface area contributed by atoms with Gasteiger partial charge in [-0.25, -0.2) is 0 Å². The van der Waals surface area contributed by atoms with E-state index < -0.39 is 5.97 Å². The maximum Gasteiger partial charge on any atom is 0.313 e. The van der Waals surface area contributed by atoms with E-state index in [9.17, 15) is 9.59 Å². The SMILES string of the molecule is Cc1c(C(=O)NCCSCC(=O)O)oc2ccccc12.